The molecule has 0 spiro atoms. The molecule has 1 unspecified atom stereocenters. The van der Waals surface area contributed by atoms with E-state index in [1.165, 1.54) is 0 Å². The summed E-state index contributed by atoms with van der Waals surface area (Å²) in [5, 5.41) is 7.01. The molecule has 3 rings (SSSR count). The van der Waals surface area contributed by atoms with E-state index in [0.717, 1.165) is 23.4 Å². The van der Waals surface area contributed by atoms with Crippen molar-refractivity contribution in [2.45, 2.75) is 12.5 Å². The molecule has 1 aliphatic rings. The molecule has 1 aliphatic heterocycles. The SMILES string of the molecule is O=C(CNc1ccc(Cl)c(Cl)c1)NC1CCOc2ccccc21. The van der Waals surface area contributed by atoms with Crippen LogP contribution in [0.4, 0.5) is 5.69 Å². The van der Waals surface area contributed by atoms with Gasteiger partial charge in [0.2, 0.25) is 5.91 Å². The predicted molar refractivity (Wildman–Crippen MR) is 92.4 cm³/mol. The van der Waals surface area contributed by atoms with E-state index in [0.29, 0.717) is 16.7 Å². The summed E-state index contributed by atoms with van der Waals surface area (Å²) in [7, 11) is 0. The van der Waals surface area contributed by atoms with Gasteiger partial charge in [-0.2, -0.15) is 0 Å². The summed E-state index contributed by atoms with van der Waals surface area (Å²) >= 11 is 11.8. The molecule has 0 saturated heterocycles. The number of rotatable bonds is 4. The van der Waals surface area contributed by atoms with Crippen molar-refractivity contribution in [3.63, 3.8) is 0 Å². The Hall–Kier alpha value is -1.91. The van der Waals surface area contributed by atoms with E-state index in [1.54, 1.807) is 18.2 Å². The quantitative estimate of drug-likeness (QED) is 0.874. The van der Waals surface area contributed by atoms with Crippen LogP contribution in [0.2, 0.25) is 10.0 Å². The molecular weight excluding hydrogens is 335 g/mol. The van der Waals surface area contributed by atoms with Crippen LogP contribution in [0.15, 0.2) is 42.5 Å². The van der Waals surface area contributed by atoms with Gasteiger partial charge in [0.25, 0.3) is 0 Å². The van der Waals surface area contributed by atoms with Gasteiger partial charge in [-0.3, -0.25) is 4.79 Å². The minimum atomic E-state index is -0.0854. The highest BCUT2D eigenvalue weighted by atomic mass is 35.5. The molecule has 23 heavy (non-hydrogen) atoms. The zero-order chi connectivity index (χ0) is 16.2. The first-order chi connectivity index (χ1) is 11.1. The molecular formula is C17H16Cl2N2O2. The molecule has 6 heteroatoms. The lowest BCUT2D eigenvalue weighted by Gasteiger charge is -2.26. The highest BCUT2D eigenvalue weighted by Crippen LogP contribution is 2.31. The van der Waals surface area contributed by atoms with Crippen LogP contribution >= 0.6 is 23.2 Å². The van der Waals surface area contributed by atoms with E-state index in [9.17, 15) is 4.79 Å². The monoisotopic (exact) mass is 350 g/mol. The molecule has 120 valence electrons. The average Bonchev–Trinajstić information content (AvgIpc) is 2.56. The zero-order valence-corrected chi connectivity index (χ0v) is 13.8. The second-order valence-electron chi connectivity index (χ2n) is 5.28. The summed E-state index contributed by atoms with van der Waals surface area (Å²) in [6.45, 7) is 0.764. The van der Waals surface area contributed by atoms with Gasteiger partial charge in [0.05, 0.1) is 29.2 Å². The lowest BCUT2D eigenvalue weighted by Crippen LogP contribution is -2.35. The van der Waals surface area contributed by atoms with Gasteiger partial charge in [0, 0.05) is 17.7 Å². The number of ether oxygens (including phenoxy) is 1. The second kappa shape index (κ2) is 7.11. The van der Waals surface area contributed by atoms with Crippen molar-refractivity contribution in [1.82, 2.24) is 5.32 Å². The summed E-state index contributed by atoms with van der Waals surface area (Å²) in [5.41, 5.74) is 1.77. The van der Waals surface area contributed by atoms with Gasteiger partial charge in [-0.05, 0) is 24.3 Å². The molecule has 2 aromatic carbocycles. The van der Waals surface area contributed by atoms with Crippen LogP contribution in [-0.4, -0.2) is 19.1 Å². The summed E-state index contributed by atoms with van der Waals surface area (Å²) in [6.07, 6.45) is 0.759. The van der Waals surface area contributed by atoms with Crippen LogP contribution in [-0.2, 0) is 4.79 Å². The normalized spacial score (nSPS) is 16.2. The molecule has 1 amide bonds. The van der Waals surface area contributed by atoms with Crippen molar-refractivity contribution in [2.24, 2.45) is 0 Å². The maximum atomic E-state index is 12.2. The van der Waals surface area contributed by atoms with Crippen LogP contribution in [0.3, 0.4) is 0 Å². The Kier molecular flexibility index (Phi) is 4.94. The van der Waals surface area contributed by atoms with Crippen molar-refractivity contribution in [3.05, 3.63) is 58.1 Å². The molecule has 2 N–H and O–H groups in total. The lowest BCUT2D eigenvalue weighted by molar-refractivity contribution is -0.120. The Morgan fingerprint density at radius 3 is 2.83 bits per heavy atom. The van der Waals surface area contributed by atoms with Crippen LogP contribution in [0.5, 0.6) is 5.75 Å². The molecule has 0 aliphatic carbocycles. The number of benzene rings is 2. The van der Waals surface area contributed by atoms with Crippen molar-refractivity contribution >= 4 is 34.8 Å². The number of para-hydroxylation sites is 1. The molecule has 0 fully saturated rings. The minimum Gasteiger partial charge on any atom is -0.493 e. The Morgan fingerprint density at radius 1 is 1.17 bits per heavy atom. The number of halogens is 2. The summed E-state index contributed by atoms with van der Waals surface area (Å²) in [5.74, 6) is 0.749. The Morgan fingerprint density at radius 2 is 2.00 bits per heavy atom. The van der Waals surface area contributed by atoms with Crippen molar-refractivity contribution in [1.29, 1.82) is 0 Å². The van der Waals surface area contributed by atoms with Crippen LogP contribution in [0.1, 0.15) is 18.0 Å². The smallest absolute Gasteiger partial charge is 0.239 e. The fourth-order valence-corrected chi connectivity index (χ4v) is 2.82. The number of hydrogen-bond acceptors (Lipinski definition) is 3. The summed E-state index contributed by atoms with van der Waals surface area (Å²) in [6, 6.07) is 12.9. The molecule has 4 nitrogen and oxygen atoms in total. The van der Waals surface area contributed by atoms with E-state index in [2.05, 4.69) is 10.6 Å². The van der Waals surface area contributed by atoms with Gasteiger partial charge >= 0.3 is 0 Å². The van der Waals surface area contributed by atoms with Gasteiger partial charge in [-0.15, -0.1) is 0 Å². The van der Waals surface area contributed by atoms with Gasteiger partial charge in [0.1, 0.15) is 5.75 Å². The first kappa shape index (κ1) is 16.0. The molecule has 0 radical (unpaired) electrons. The summed E-state index contributed by atoms with van der Waals surface area (Å²) < 4.78 is 5.59. The standard InChI is InChI=1S/C17H16Cl2N2O2/c18-13-6-5-11(9-14(13)19)20-10-17(22)21-15-7-8-23-16-4-2-1-3-12(15)16/h1-6,9,15,20H,7-8,10H2,(H,21,22). The van der Waals surface area contributed by atoms with Crippen LogP contribution in [0.25, 0.3) is 0 Å². The molecule has 1 atom stereocenters. The van der Waals surface area contributed by atoms with Gasteiger partial charge in [-0.1, -0.05) is 41.4 Å². The van der Waals surface area contributed by atoms with Gasteiger partial charge in [-0.25, -0.2) is 0 Å². The highest BCUT2D eigenvalue weighted by Gasteiger charge is 2.22. The number of carbonyl (C=O) groups excluding carboxylic acids is 1. The Bertz CT molecular complexity index is 721. The number of amides is 1. The second-order valence-corrected chi connectivity index (χ2v) is 6.09. The predicted octanol–water partition coefficient (Wildman–Crippen LogP) is 4.05. The minimum absolute atomic E-state index is 0.0249. The van der Waals surface area contributed by atoms with Crippen LogP contribution in [0, 0.1) is 0 Å². The van der Waals surface area contributed by atoms with E-state index >= 15 is 0 Å². The van der Waals surface area contributed by atoms with E-state index in [-0.39, 0.29) is 18.5 Å². The maximum Gasteiger partial charge on any atom is 0.239 e. The van der Waals surface area contributed by atoms with Crippen molar-refractivity contribution < 1.29 is 9.53 Å². The van der Waals surface area contributed by atoms with Gasteiger partial charge in [0.15, 0.2) is 0 Å². The third-order valence-electron chi connectivity index (χ3n) is 3.67. The average molecular weight is 351 g/mol. The summed E-state index contributed by atoms with van der Waals surface area (Å²) in [4.78, 5) is 12.2. The van der Waals surface area contributed by atoms with Crippen LogP contribution < -0.4 is 15.4 Å². The Balaban J connectivity index is 1.59. The molecule has 0 bridgehead atoms. The molecule has 2 aromatic rings. The fraction of sp³-hybridized carbons (Fsp3) is 0.235. The first-order valence-electron chi connectivity index (χ1n) is 7.33. The number of fused-ring (bicyclic) bond motifs is 1. The third-order valence-corrected chi connectivity index (χ3v) is 4.41. The molecule has 0 saturated carbocycles. The molecule has 1 heterocycles. The first-order valence-corrected chi connectivity index (χ1v) is 8.09. The molecule has 0 aromatic heterocycles. The highest BCUT2D eigenvalue weighted by molar-refractivity contribution is 6.42. The number of nitrogens with one attached hydrogen (secondary N) is 2. The zero-order valence-electron chi connectivity index (χ0n) is 12.3. The Labute approximate surface area is 144 Å². The third kappa shape index (κ3) is 3.89. The number of anilines is 1. The largest absolute Gasteiger partial charge is 0.493 e. The van der Waals surface area contributed by atoms with Crippen molar-refractivity contribution in [2.75, 3.05) is 18.5 Å². The number of hydrogen-bond donors (Lipinski definition) is 2. The fourth-order valence-electron chi connectivity index (χ4n) is 2.53. The van der Waals surface area contributed by atoms with Crippen molar-refractivity contribution in [3.8, 4) is 5.75 Å². The van der Waals surface area contributed by atoms with E-state index < -0.39 is 0 Å². The number of carbonyl (C=O) groups is 1. The maximum absolute atomic E-state index is 12.2. The topological polar surface area (TPSA) is 50.4 Å². The van der Waals surface area contributed by atoms with E-state index in [1.807, 2.05) is 24.3 Å². The van der Waals surface area contributed by atoms with Gasteiger partial charge < -0.3 is 15.4 Å². The lowest BCUT2D eigenvalue weighted by atomic mass is 10.0. The van der Waals surface area contributed by atoms with E-state index in [4.69, 9.17) is 27.9 Å².